The molecule has 3 heteroatoms. The van der Waals surface area contributed by atoms with Gasteiger partial charge in [0.1, 0.15) is 0 Å². The predicted molar refractivity (Wildman–Crippen MR) is 101 cm³/mol. The summed E-state index contributed by atoms with van der Waals surface area (Å²) in [5.41, 5.74) is 6.45. The van der Waals surface area contributed by atoms with Crippen molar-refractivity contribution in [2.45, 2.75) is 27.3 Å². The third-order valence-corrected chi connectivity index (χ3v) is 4.24. The number of anilines is 1. The van der Waals surface area contributed by atoms with Crippen molar-refractivity contribution in [3.63, 3.8) is 0 Å². The number of para-hydroxylation sites is 1. The fraction of sp³-hybridized carbons (Fsp3) is 0.182. The Labute approximate surface area is 149 Å². The Morgan fingerprint density at radius 2 is 1.56 bits per heavy atom. The van der Waals surface area contributed by atoms with Crippen molar-refractivity contribution in [1.82, 2.24) is 0 Å². The molecule has 0 aliphatic heterocycles. The smallest absolute Gasteiger partial charge is 0.290 e. The Kier molecular flexibility index (Phi) is 4.94. The van der Waals surface area contributed by atoms with E-state index in [1.807, 2.05) is 74.1 Å². The molecule has 2 aromatic carbocycles. The number of aryl methyl sites for hydroxylation is 3. The standard InChI is InChI=1S/C22H22N2O/c1-16-12-20(19-10-5-4-6-11-19)14-24(13-16)15-21(25)23-22-17(2)8-7-9-18(22)3/h4-14H,15H2,1-3H3/p+1. The molecular weight excluding hydrogens is 308 g/mol. The Bertz CT molecular complexity index is 881. The molecule has 3 nitrogen and oxygen atoms in total. The van der Waals surface area contributed by atoms with Gasteiger partial charge >= 0.3 is 0 Å². The largest absolute Gasteiger partial charge is 0.320 e. The fourth-order valence-electron chi connectivity index (χ4n) is 3.03. The van der Waals surface area contributed by atoms with E-state index < -0.39 is 0 Å². The molecule has 1 heterocycles. The molecular formula is C22H23N2O+. The molecule has 1 N–H and O–H groups in total. The molecule has 0 saturated carbocycles. The highest BCUT2D eigenvalue weighted by Gasteiger charge is 2.14. The lowest BCUT2D eigenvalue weighted by molar-refractivity contribution is -0.683. The number of nitrogens with one attached hydrogen (secondary N) is 1. The molecule has 0 radical (unpaired) electrons. The van der Waals surface area contributed by atoms with Crippen LogP contribution in [0.5, 0.6) is 0 Å². The molecule has 0 aliphatic rings. The maximum absolute atomic E-state index is 12.5. The summed E-state index contributed by atoms with van der Waals surface area (Å²) in [5, 5.41) is 3.05. The van der Waals surface area contributed by atoms with Crippen molar-refractivity contribution < 1.29 is 9.36 Å². The minimum atomic E-state index is -0.0213. The highest BCUT2D eigenvalue weighted by molar-refractivity contribution is 5.91. The quantitative estimate of drug-likeness (QED) is 0.714. The van der Waals surface area contributed by atoms with Crippen LogP contribution in [-0.4, -0.2) is 5.91 Å². The van der Waals surface area contributed by atoms with Gasteiger partial charge in [-0.25, -0.2) is 0 Å². The SMILES string of the molecule is Cc1cc(-c2ccccc2)c[n+](CC(=O)Nc2c(C)cccc2C)c1. The van der Waals surface area contributed by atoms with Crippen LogP contribution < -0.4 is 9.88 Å². The van der Waals surface area contributed by atoms with Gasteiger partial charge in [0.25, 0.3) is 5.91 Å². The predicted octanol–water partition coefficient (Wildman–Crippen LogP) is 4.21. The highest BCUT2D eigenvalue weighted by Crippen LogP contribution is 2.20. The first-order valence-electron chi connectivity index (χ1n) is 8.45. The number of amides is 1. The topological polar surface area (TPSA) is 33.0 Å². The van der Waals surface area contributed by atoms with E-state index in [1.54, 1.807) is 0 Å². The Morgan fingerprint density at radius 3 is 2.24 bits per heavy atom. The zero-order chi connectivity index (χ0) is 17.8. The van der Waals surface area contributed by atoms with Crippen molar-refractivity contribution >= 4 is 11.6 Å². The van der Waals surface area contributed by atoms with E-state index in [0.717, 1.165) is 33.5 Å². The summed E-state index contributed by atoms with van der Waals surface area (Å²) < 4.78 is 1.95. The average Bonchev–Trinajstić information content (AvgIpc) is 2.58. The van der Waals surface area contributed by atoms with E-state index in [-0.39, 0.29) is 12.5 Å². The molecule has 3 aromatic rings. The summed E-state index contributed by atoms with van der Waals surface area (Å²) >= 11 is 0. The number of hydrogen-bond donors (Lipinski definition) is 1. The van der Waals surface area contributed by atoms with E-state index in [1.165, 1.54) is 0 Å². The molecule has 0 spiro atoms. The summed E-state index contributed by atoms with van der Waals surface area (Å²) in [4.78, 5) is 12.5. The number of aromatic nitrogens is 1. The van der Waals surface area contributed by atoms with Crippen LogP contribution in [-0.2, 0) is 11.3 Å². The number of carbonyl (C=O) groups is 1. The molecule has 0 atom stereocenters. The second kappa shape index (κ2) is 7.31. The number of rotatable bonds is 4. The van der Waals surface area contributed by atoms with Crippen LogP contribution in [0.25, 0.3) is 11.1 Å². The molecule has 25 heavy (non-hydrogen) atoms. The average molecular weight is 331 g/mol. The van der Waals surface area contributed by atoms with E-state index in [9.17, 15) is 4.79 Å². The number of carbonyl (C=O) groups excluding carboxylic acids is 1. The Morgan fingerprint density at radius 1 is 0.880 bits per heavy atom. The normalized spacial score (nSPS) is 10.5. The zero-order valence-electron chi connectivity index (χ0n) is 14.9. The summed E-state index contributed by atoms with van der Waals surface area (Å²) in [6, 6.07) is 18.4. The van der Waals surface area contributed by atoms with Crippen LogP contribution >= 0.6 is 0 Å². The molecule has 1 amide bonds. The van der Waals surface area contributed by atoms with Crippen LogP contribution in [0.3, 0.4) is 0 Å². The van der Waals surface area contributed by atoms with Gasteiger partial charge in [-0.15, -0.1) is 0 Å². The van der Waals surface area contributed by atoms with Crippen molar-refractivity contribution in [2.24, 2.45) is 0 Å². The molecule has 0 fully saturated rings. The van der Waals surface area contributed by atoms with Gasteiger partial charge in [-0.3, -0.25) is 4.79 Å². The van der Waals surface area contributed by atoms with E-state index in [0.29, 0.717) is 0 Å². The summed E-state index contributed by atoms with van der Waals surface area (Å²) in [7, 11) is 0. The van der Waals surface area contributed by atoms with Gasteiger partial charge in [-0.2, -0.15) is 4.57 Å². The van der Waals surface area contributed by atoms with Gasteiger partial charge in [-0.05, 0) is 43.5 Å². The van der Waals surface area contributed by atoms with Crippen LogP contribution in [0.4, 0.5) is 5.69 Å². The molecule has 1 aromatic heterocycles. The Hall–Kier alpha value is -2.94. The molecule has 126 valence electrons. The second-order valence-electron chi connectivity index (χ2n) is 6.46. The first-order valence-corrected chi connectivity index (χ1v) is 8.45. The Balaban J connectivity index is 1.81. The number of benzene rings is 2. The zero-order valence-corrected chi connectivity index (χ0v) is 14.9. The summed E-state index contributed by atoms with van der Waals surface area (Å²) in [6.45, 7) is 6.35. The molecule has 0 aliphatic carbocycles. The van der Waals surface area contributed by atoms with E-state index >= 15 is 0 Å². The van der Waals surface area contributed by atoms with Gasteiger partial charge in [0.2, 0.25) is 6.54 Å². The monoisotopic (exact) mass is 331 g/mol. The van der Waals surface area contributed by atoms with Crippen molar-refractivity contribution in [2.75, 3.05) is 5.32 Å². The maximum Gasteiger partial charge on any atom is 0.290 e. The molecule has 3 rings (SSSR count). The van der Waals surface area contributed by atoms with Crippen LogP contribution in [0.2, 0.25) is 0 Å². The minimum Gasteiger partial charge on any atom is -0.320 e. The number of pyridine rings is 1. The molecule has 0 saturated heterocycles. The summed E-state index contributed by atoms with van der Waals surface area (Å²) in [5.74, 6) is -0.0213. The second-order valence-corrected chi connectivity index (χ2v) is 6.46. The van der Waals surface area contributed by atoms with Crippen LogP contribution in [0.15, 0.2) is 67.0 Å². The molecule has 0 bridgehead atoms. The van der Waals surface area contributed by atoms with Gasteiger partial charge in [0.05, 0.1) is 0 Å². The first-order chi connectivity index (χ1) is 12.0. The van der Waals surface area contributed by atoms with Crippen molar-refractivity contribution in [1.29, 1.82) is 0 Å². The summed E-state index contributed by atoms with van der Waals surface area (Å²) in [6.07, 6.45) is 4.02. The van der Waals surface area contributed by atoms with Gasteiger partial charge in [-0.1, -0.05) is 48.5 Å². The van der Waals surface area contributed by atoms with Crippen LogP contribution in [0, 0.1) is 20.8 Å². The number of hydrogen-bond acceptors (Lipinski definition) is 1. The molecule has 0 unspecified atom stereocenters. The number of nitrogens with zero attached hydrogens (tertiary/aromatic N) is 1. The lowest BCUT2D eigenvalue weighted by Crippen LogP contribution is -2.40. The van der Waals surface area contributed by atoms with Gasteiger partial charge in [0, 0.05) is 16.8 Å². The fourth-order valence-corrected chi connectivity index (χ4v) is 3.03. The first kappa shape index (κ1) is 16.9. The lowest BCUT2D eigenvalue weighted by atomic mass is 10.1. The minimum absolute atomic E-state index is 0.0213. The third-order valence-electron chi connectivity index (χ3n) is 4.24. The maximum atomic E-state index is 12.5. The van der Waals surface area contributed by atoms with Gasteiger partial charge in [0.15, 0.2) is 12.4 Å². The van der Waals surface area contributed by atoms with Crippen molar-refractivity contribution in [3.8, 4) is 11.1 Å². The van der Waals surface area contributed by atoms with E-state index in [4.69, 9.17) is 0 Å². The third kappa shape index (κ3) is 4.13. The lowest BCUT2D eigenvalue weighted by Gasteiger charge is -2.10. The van der Waals surface area contributed by atoms with Crippen molar-refractivity contribution in [3.05, 3.63) is 83.7 Å². The van der Waals surface area contributed by atoms with E-state index in [2.05, 4.69) is 23.5 Å². The van der Waals surface area contributed by atoms with Gasteiger partial charge < -0.3 is 5.32 Å². The highest BCUT2D eigenvalue weighted by atomic mass is 16.1. The van der Waals surface area contributed by atoms with Crippen LogP contribution in [0.1, 0.15) is 16.7 Å².